The van der Waals surface area contributed by atoms with Gasteiger partial charge in [-0.2, -0.15) is 4.31 Å². The number of nitrogens with zero attached hydrogens (tertiary/aromatic N) is 2. The quantitative estimate of drug-likeness (QED) is 0.760. The fourth-order valence-corrected chi connectivity index (χ4v) is 6.02. The van der Waals surface area contributed by atoms with Crippen LogP contribution in [-0.4, -0.2) is 37.3 Å². The third kappa shape index (κ3) is 3.34. The minimum Gasteiger partial charge on any atom is -0.308 e. The molecule has 2 atom stereocenters. The minimum atomic E-state index is -3.77. The summed E-state index contributed by atoms with van der Waals surface area (Å²) in [6, 6.07) is 13.3. The smallest absolute Gasteiger partial charge is 0.245 e. The summed E-state index contributed by atoms with van der Waals surface area (Å²) in [5, 5.41) is 0.479. The maximum Gasteiger partial charge on any atom is 0.245 e. The van der Waals surface area contributed by atoms with Crippen molar-refractivity contribution in [2.75, 3.05) is 11.4 Å². The number of para-hydroxylation sites is 1. The number of carbonyl (C=O) groups is 1. The van der Waals surface area contributed by atoms with E-state index in [1.54, 1.807) is 17.0 Å². The number of sulfonamides is 1. The number of fused-ring (bicyclic) bond motifs is 1. The van der Waals surface area contributed by atoms with Crippen LogP contribution in [0.2, 0.25) is 5.02 Å². The molecule has 0 spiro atoms. The Morgan fingerprint density at radius 1 is 1.07 bits per heavy atom. The predicted molar refractivity (Wildman–Crippen MR) is 110 cm³/mol. The maximum absolute atomic E-state index is 13.5. The fourth-order valence-electron chi connectivity index (χ4n) is 4.24. The largest absolute Gasteiger partial charge is 0.308 e. The molecule has 0 aromatic heterocycles. The summed E-state index contributed by atoms with van der Waals surface area (Å²) < 4.78 is 27.9. The summed E-state index contributed by atoms with van der Waals surface area (Å²) in [6.45, 7) is 2.37. The highest BCUT2D eigenvalue weighted by Gasteiger charge is 2.42. The van der Waals surface area contributed by atoms with Crippen LogP contribution in [0.25, 0.3) is 0 Å². The highest BCUT2D eigenvalue weighted by atomic mass is 35.5. The molecule has 0 saturated carbocycles. The summed E-state index contributed by atoms with van der Waals surface area (Å²) in [5.41, 5.74) is 2.03. The molecule has 28 heavy (non-hydrogen) atoms. The van der Waals surface area contributed by atoms with Crippen LogP contribution < -0.4 is 4.90 Å². The van der Waals surface area contributed by atoms with Gasteiger partial charge < -0.3 is 4.90 Å². The lowest BCUT2D eigenvalue weighted by molar-refractivity contribution is -0.123. The summed E-state index contributed by atoms with van der Waals surface area (Å²) in [6.07, 6.45) is 2.92. The molecule has 2 aliphatic heterocycles. The maximum atomic E-state index is 13.5. The van der Waals surface area contributed by atoms with Crippen molar-refractivity contribution in [2.24, 2.45) is 0 Å². The number of benzene rings is 2. The monoisotopic (exact) mass is 418 g/mol. The third-order valence-corrected chi connectivity index (χ3v) is 7.78. The van der Waals surface area contributed by atoms with Crippen molar-refractivity contribution in [1.82, 2.24) is 4.31 Å². The van der Waals surface area contributed by atoms with Crippen LogP contribution in [-0.2, 0) is 21.2 Å². The van der Waals surface area contributed by atoms with Crippen molar-refractivity contribution < 1.29 is 13.2 Å². The Morgan fingerprint density at radius 2 is 1.79 bits per heavy atom. The van der Waals surface area contributed by atoms with E-state index in [0.717, 1.165) is 30.5 Å². The molecule has 5 nitrogen and oxygen atoms in total. The van der Waals surface area contributed by atoms with Gasteiger partial charge in [-0.1, -0.05) is 36.2 Å². The lowest BCUT2D eigenvalue weighted by Gasteiger charge is -2.37. The zero-order valence-electron chi connectivity index (χ0n) is 15.7. The molecule has 0 radical (unpaired) electrons. The first kappa shape index (κ1) is 19.4. The summed E-state index contributed by atoms with van der Waals surface area (Å²) in [5.74, 6) is -0.130. The topological polar surface area (TPSA) is 57.7 Å². The first-order chi connectivity index (χ1) is 13.4. The average Bonchev–Trinajstić information content (AvgIpc) is 3.03. The molecule has 2 aliphatic rings. The van der Waals surface area contributed by atoms with Gasteiger partial charge in [0.2, 0.25) is 15.9 Å². The number of hydrogen-bond acceptors (Lipinski definition) is 3. The Hall–Kier alpha value is -1.89. The van der Waals surface area contributed by atoms with E-state index < -0.39 is 16.1 Å². The number of carbonyl (C=O) groups excluding carboxylic acids is 1. The van der Waals surface area contributed by atoms with Gasteiger partial charge in [0.25, 0.3) is 0 Å². The molecule has 2 heterocycles. The molecule has 0 bridgehead atoms. The van der Waals surface area contributed by atoms with Crippen molar-refractivity contribution in [3.63, 3.8) is 0 Å². The molecule has 7 heteroatoms. The lowest BCUT2D eigenvalue weighted by atomic mass is 10.0. The zero-order valence-corrected chi connectivity index (χ0v) is 17.3. The van der Waals surface area contributed by atoms with Crippen LogP contribution in [0.15, 0.2) is 53.4 Å². The summed E-state index contributed by atoms with van der Waals surface area (Å²) in [4.78, 5) is 15.5. The Kier molecular flexibility index (Phi) is 5.21. The van der Waals surface area contributed by atoms with Crippen molar-refractivity contribution in [1.29, 1.82) is 0 Å². The van der Waals surface area contributed by atoms with E-state index in [2.05, 4.69) is 0 Å². The molecule has 1 fully saturated rings. The van der Waals surface area contributed by atoms with E-state index in [9.17, 15) is 13.2 Å². The van der Waals surface area contributed by atoms with Crippen LogP contribution in [0, 0.1) is 0 Å². The van der Waals surface area contributed by atoms with Crippen LogP contribution in [0.1, 0.15) is 31.7 Å². The van der Waals surface area contributed by atoms with Gasteiger partial charge in [0, 0.05) is 23.3 Å². The molecule has 148 valence electrons. The van der Waals surface area contributed by atoms with E-state index in [0.29, 0.717) is 18.0 Å². The van der Waals surface area contributed by atoms with E-state index in [4.69, 9.17) is 11.6 Å². The minimum absolute atomic E-state index is 0.0203. The van der Waals surface area contributed by atoms with E-state index in [-0.39, 0.29) is 16.8 Å². The highest BCUT2D eigenvalue weighted by molar-refractivity contribution is 7.89. The van der Waals surface area contributed by atoms with Gasteiger partial charge in [-0.3, -0.25) is 4.79 Å². The highest BCUT2D eigenvalue weighted by Crippen LogP contribution is 2.35. The first-order valence-corrected chi connectivity index (χ1v) is 11.4. The molecule has 0 aliphatic carbocycles. The molecule has 0 unspecified atom stereocenters. The van der Waals surface area contributed by atoms with Crippen LogP contribution in [0.5, 0.6) is 0 Å². The average molecular weight is 419 g/mol. The number of halogens is 1. The number of piperidine rings is 1. The van der Waals surface area contributed by atoms with Gasteiger partial charge >= 0.3 is 0 Å². The number of rotatable bonds is 3. The van der Waals surface area contributed by atoms with Gasteiger partial charge in [-0.25, -0.2) is 8.42 Å². The first-order valence-electron chi connectivity index (χ1n) is 9.58. The van der Waals surface area contributed by atoms with Crippen LogP contribution >= 0.6 is 11.6 Å². The SMILES string of the molecule is C[C@H]1Cc2ccccc2N1C(=O)[C@H]1CCCCN1S(=O)(=O)c1ccc(Cl)cc1. The normalized spacial score (nSPS) is 22.9. The van der Waals surface area contributed by atoms with Crippen molar-refractivity contribution in [3.05, 3.63) is 59.1 Å². The Balaban J connectivity index is 1.68. The van der Waals surface area contributed by atoms with Gasteiger partial charge in [-0.05, 0) is 62.1 Å². The van der Waals surface area contributed by atoms with Crippen molar-refractivity contribution in [2.45, 2.75) is 49.6 Å². The number of anilines is 1. The van der Waals surface area contributed by atoms with Gasteiger partial charge in [0.05, 0.1) is 4.90 Å². The molecular formula is C21H23ClN2O3S. The molecule has 1 amide bonds. The Labute approximate surface area is 171 Å². The second-order valence-electron chi connectivity index (χ2n) is 7.47. The van der Waals surface area contributed by atoms with Gasteiger partial charge in [0.1, 0.15) is 6.04 Å². The van der Waals surface area contributed by atoms with E-state index >= 15 is 0 Å². The second-order valence-corrected chi connectivity index (χ2v) is 9.80. The van der Waals surface area contributed by atoms with Crippen LogP contribution in [0.4, 0.5) is 5.69 Å². The summed E-state index contributed by atoms with van der Waals surface area (Å²) >= 11 is 5.91. The van der Waals surface area contributed by atoms with Gasteiger partial charge in [0.15, 0.2) is 0 Å². The molecule has 4 rings (SSSR count). The lowest BCUT2D eigenvalue weighted by Crippen LogP contribution is -2.54. The van der Waals surface area contributed by atoms with E-state index in [1.165, 1.54) is 16.4 Å². The van der Waals surface area contributed by atoms with Crippen molar-refractivity contribution >= 4 is 33.2 Å². The van der Waals surface area contributed by atoms with E-state index in [1.807, 2.05) is 31.2 Å². The fraction of sp³-hybridized carbons (Fsp3) is 0.381. The Morgan fingerprint density at radius 3 is 2.54 bits per heavy atom. The number of hydrogen-bond donors (Lipinski definition) is 0. The molecule has 0 N–H and O–H groups in total. The molecular weight excluding hydrogens is 396 g/mol. The van der Waals surface area contributed by atoms with Crippen LogP contribution in [0.3, 0.4) is 0 Å². The molecule has 2 aromatic rings. The molecule has 1 saturated heterocycles. The Bertz CT molecular complexity index is 991. The number of amides is 1. The molecule has 2 aromatic carbocycles. The predicted octanol–water partition coefficient (Wildman–Crippen LogP) is 3.86. The second kappa shape index (κ2) is 7.50. The van der Waals surface area contributed by atoms with Crippen molar-refractivity contribution in [3.8, 4) is 0 Å². The zero-order chi connectivity index (χ0) is 19.9. The summed E-state index contributed by atoms with van der Waals surface area (Å²) in [7, 11) is -3.77. The van der Waals surface area contributed by atoms with Gasteiger partial charge in [-0.15, -0.1) is 0 Å². The third-order valence-electron chi connectivity index (χ3n) is 5.60. The standard InChI is InChI=1S/C21H23ClN2O3S/c1-15-14-16-6-2-3-7-19(16)24(15)21(25)20-8-4-5-13-23(20)28(26,27)18-11-9-17(22)10-12-18/h2-3,6-7,9-12,15,20H,4-5,8,13-14H2,1H3/t15-,20+/m0/s1.